The van der Waals surface area contributed by atoms with Gasteiger partial charge in [0.05, 0.1) is 0 Å². The molecule has 0 N–H and O–H groups in total. The van der Waals surface area contributed by atoms with Crippen molar-refractivity contribution in [3.05, 3.63) is 36.4 Å². The molecule has 1 aliphatic rings. The van der Waals surface area contributed by atoms with Crippen LogP contribution in [0.2, 0.25) is 0 Å². The number of hydrogen-bond donors (Lipinski definition) is 0. The number of allylic oxidation sites excluding steroid dienone is 1. The predicted molar refractivity (Wildman–Crippen MR) is 51.9 cm³/mol. The van der Waals surface area contributed by atoms with E-state index < -0.39 is 0 Å². The zero-order valence-corrected chi connectivity index (χ0v) is 6.72. The molecule has 3 heteroatoms. The van der Waals surface area contributed by atoms with Crippen molar-refractivity contribution >= 4 is 18.7 Å². The third-order valence-electron chi connectivity index (χ3n) is 1.82. The van der Waals surface area contributed by atoms with Crippen LogP contribution in [0.25, 0.3) is 0 Å². The maximum Gasteiger partial charge on any atom is 0.355 e. The summed E-state index contributed by atoms with van der Waals surface area (Å²) in [6, 6.07) is 5.90. The summed E-state index contributed by atoms with van der Waals surface area (Å²) in [4.78, 5) is 8.56. The fourth-order valence-electron chi connectivity index (χ4n) is 1.22. The van der Waals surface area contributed by atoms with Crippen LogP contribution in [0.1, 0.15) is 6.42 Å². The lowest BCUT2D eigenvalue weighted by atomic mass is 9.58. The molecule has 0 fully saturated rings. The van der Waals surface area contributed by atoms with Crippen LogP contribution in [0, 0.1) is 0 Å². The molecule has 0 unspecified atom stereocenters. The van der Waals surface area contributed by atoms with Crippen LogP contribution < -0.4 is 5.59 Å². The molecule has 1 aromatic heterocycles. The van der Waals surface area contributed by atoms with Crippen LogP contribution >= 0.6 is 0 Å². The number of nitrogens with zero attached hydrogens (tertiary/aromatic N) is 2. The highest BCUT2D eigenvalue weighted by atomic mass is 14.7. The highest BCUT2D eigenvalue weighted by molar-refractivity contribution is 6.76. The van der Waals surface area contributed by atoms with Gasteiger partial charge in [0.25, 0.3) is 0 Å². The number of rotatable bonds is 1. The molecule has 0 aliphatic carbocycles. The summed E-state index contributed by atoms with van der Waals surface area (Å²) in [6.07, 6.45) is 6.79. The third kappa shape index (κ3) is 1.45. The highest BCUT2D eigenvalue weighted by Gasteiger charge is 2.13. The van der Waals surface area contributed by atoms with Crippen LogP contribution in [0.5, 0.6) is 0 Å². The van der Waals surface area contributed by atoms with Gasteiger partial charge in [0.1, 0.15) is 0 Å². The fourth-order valence-corrected chi connectivity index (χ4v) is 1.22. The van der Waals surface area contributed by atoms with Crippen LogP contribution in [-0.2, 0) is 0 Å². The van der Waals surface area contributed by atoms with Crippen LogP contribution in [0.15, 0.2) is 41.4 Å². The van der Waals surface area contributed by atoms with Crippen molar-refractivity contribution in [2.75, 3.05) is 0 Å². The summed E-state index contributed by atoms with van der Waals surface area (Å²) in [5.41, 5.74) is 1.02. The summed E-state index contributed by atoms with van der Waals surface area (Å²) in [5.74, 6) is 2.09. The summed E-state index contributed by atoms with van der Waals surface area (Å²) in [7, 11) is 0. The minimum absolute atomic E-state index is 0.139. The Balaban J connectivity index is 2.25. The molecule has 12 heavy (non-hydrogen) atoms. The normalized spacial score (nSPS) is 15.2. The average molecular weight is 156 g/mol. The van der Waals surface area contributed by atoms with Crippen molar-refractivity contribution in [2.24, 2.45) is 4.90 Å². The molecule has 0 radical (unpaired) electrons. The topological polar surface area (TPSA) is 25.2 Å². The number of pyridine rings is 1. The monoisotopic (exact) mass is 156 g/mol. The Labute approximate surface area is 72.2 Å². The lowest BCUT2D eigenvalue weighted by Crippen LogP contribution is -2.30. The van der Waals surface area contributed by atoms with E-state index in [-0.39, 0.29) is 6.85 Å². The van der Waals surface area contributed by atoms with Gasteiger partial charge in [0, 0.05) is 11.8 Å². The van der Waals surface area contributed by atoms with E-state index in [1.54, 1.807) is 6.20 Å². The molecular formula is C9H9BN2. The lowest BCUT2D eigenvalue weighted by Gasteiger charge is -2.04. The average Bonchev–Trinajstić information content (AvgIpc) is 2.21. The Kier molecular flexibility index (Phi) is 2.03. The van der Waals surface area contributed by atoms with E-state index in [2.05, 4.69) is 21.9 Å². The summed E-state index contributed by atoms with van der Waals surface area (Å²) >= 11 is 0. The highest BCUT2D eigenvalue weighted by Crippen LogP contribution is 1.95. The Hall–Kier alpha value is -1.38. The first-order valence-electron chi connectivity index (χ1n) is 4.06. The van der Waals surface area contributed by atoms with Gasteiger partial charge < -0.3 is 4.90 Å². The molecule has 0 bridgehead atoms. The standard InChI is InChI=1S/C9H9BN2/c1-3-7-11-9(5-1)10-6-2-4-8-12-10/h1-3,5-8H,4H2. The summed E-state index contributed by atoms with van der Waals surface area (Å²) < 4.78 is 0. The van der Waals surface area contributed by atoms with Gasteiger partial charge in [0.15, 0.2) is 0 Å². The predicted octanol–water partition coefficient (Wildman–Crippen LogP) is 0.850. The molecule has 0 aromatic carbocycles. The second-order valence-electron chi connectivity index (χ2n) is 2.69. The van der Waals surface area contributed by atoms with Gasteiger partial charge in [-0.2, -0.15) is 0 Å². The Morgan fingerprint density at radius 2 is 2.33 bits per heavy atom. The molecule has 0 saturated heterocycles. The van der Waals surface area contributed by atoms with Crippen molar-refractivity contribution in [1.29, 1.82) is 0 Å². The van der Waals surface area contributed by atoms with E-state index in [0.29, 0.717) is 0 Å². The second-order valence-corrected chi connectivity index (χ2v) is 2.69. The van der Waals surface area contributed by atoms with Gasteiger partial charge in [-0.1, -0.05) is 18.1 Å². The molecule has 2 nitrogen and oxygen atoms in total. The molecule has 0 saturated carbocycles. The second kappa shape index (κ2) is 3.35. The largest absolute Gasteiger partial charge is 0.355 e. The van der Waals surface area contributed by atoms with Crippen LogP contribution in [0.4, 0.5) is 0 Å². The van der Waals surface area contributed by atoms with Gasteiger partial charge in [0.2, 0.25) is 0 Å². The van der Waals surface area contributed by atoms with Crippen LogP contribution in [-0.4, -0.2) is 18.0 Å². The molecule has 0 atom stereocenters. The van der Waals surface area contributed by atoms with Gasteiger partial charge in [-0.15, -0.1) is 0 Å². The maximum absolute atomic E-state index is 4.33. The van der Waals surface area contributed by atoms with Crippen LogP contribution in [0.3, 0.4) is 0 Å². The Bertz CT molecular complexity index is 294. The number of aromatic nitrogens is 1. The fraction of sp³-hybridized carbons (Fsp3) is 0.111. The van der Waals surface area contributed by atoms with Crippen molar-refractivity contribution in [3.8, 4) is 0 Å². The molecule has 1 aromatic rings. The first-order valence-corrected chi connectivity index (χ1v) is 4.06. The van der Waals surface area contributed by atoms with E-state index in [1.165, 1.54) is 0 Å². The Morgan fingerprint density at radius 3 is 3.00 bits per heavy atom. The van der Waals surface area contributed by atoms with E-state index in [1.807, 2.05) is 24.4 Å². The molecule has 58 valence electrons. The first kappa shape index (κ1) is 7.28. The molecule has 2 heterocycles. The molecule has 0 spiro atoms. The third-order valence-corrected chi connectivity index (χ3v) is 1.82. The molecular weight excluding hydrogens is 147 g/mol. The maximum atomic E-state index is 4.33. The quantitative estimate of drug-likeness (QED) is 0.553. The van der Waals surface area contributed by atoms with Crippen molar-refractivity contribution in [1.82, 2.24) is 4.98 Å². The number of hydrogen-bond acceptors (Lipinski definition) is 2. The first-order chi connectivity index (χ1) is 5.97. The van der Waals surface area contributed by atoms with Crippen molar-refractivity contribution in [3.63, 3.8) is 0 Å². The molecule has 0 amide bonds. The van der Waals surface area contributed by atoms with Gasteiger partial charge in [-0.25, -0.2) is 0 Å². The van der Waals surface area contributed by atoms with E-state index in [0.717, 1.165) is 12.0 Å². The lowest BCUT2D eigenvalue weighted by molar-refractivity contribution is 1.37. The smallest absolute Gasteiger partial charge is 0.339 e. The Morgan fingerprint density at radius 1 is 1.33 bits per heavy atom. The van der Waals surface area contributed by atoms with Crippen molar-refractivity contribution in [2.45, 2.75) is 6.42 Å². The van der Waals surface area contributed by atoms with Gasteiger partial charge in [-0.3, -0.25) is 4.98 Å². The van der Waals surface area contributed by atoms with E-state index in [9.17, 15) is 0 Å². The van der Waals surface area contributed by atoms with Gasteiger partial charge >= 0.3 is 6.85 Å². The molecule has 2 rings (SSSR count). The zero-order chi connectivity index (χ0) is 8.23. The minimum atomic E-state index is 0.139. The minimum Gasteiger partial charge on any atom is -0.339 e. The van der Waals surface area contributed by atoms with E-state index >= 15 is 0 Å². The SMILES string of the molecule is C1=CB(c2ccccn2)N=CC1. The van der Waals surface area contributed by atoms with E-state index in [4.69, 9.17) is 0 Å². The zero-order valence-electron chi connectivity index (χ0n) is 6.72. The summed E-state index contributed by atoms with van der Waals surface area (Å²) in [5, 5.41) is 0. The van der Waals surface area contributed by atoms with Gasteiger partial charge in [-0.05, 0) is 24.8 Å². The van der Waals surface area contributed by atoms with Crippen molar-refractivity contribution < 1.29 is 0 Å². The summed E-state index contributed by atoms with van der Waals surface area (Å²) in [6.45, 7) is 0.139. The molecule has 1 aliphatic heterocycles.